The van der Waals surface area contributed by atoms with Gasteiger partial charge in [-0.1, -0.05) is 66.9 Å². The Balaban J connectivity index is 1.46. The van der Waals surface area contributed by atoms with Crippen molar-refractivity contribution in [1.82, 2.24) is 25.2 Å². The van der Waals surface area contributed by atoms with Crippen molar-refractivity contribution in [3.63, 3.8) is 0 Å². The number of hydrogen-bond acceptors (Lipinski definition) is 5. The monoisotopic (exact) mass is 499 g/mol. The van der Waals surface area contributed by atoms with Crippen molar-refractivity contribution in [3.05, 3.63) is 83.8 Å². The number of furan rings is 1. The number of fused-ring (bicyclic) bond motifs is 1. The summed E-state index contributed by atoms with van der Waals surface area (Å²) < 4.78 is 7.55. The summed E-state index contributed by atoms with van der Waals surface area (Å²) in [5.74, 6) is 0.745. The molecule has 4 aromatic rings. The van der Waals surface area contributed by atoms with Gasteiger partial charge in [0, 0.05) is 12.6 Å². The zero-order valence-electron chi connectivity index (χ0n) is 21.2. The lowest BCUT2D eigenvalue weighted by atomic mass is 9.95. The lowest BCUT2D eigenvalue weighted by Gasteiger charge is -2.32. The normalized spacial score (nSPS) is 14.9. The Morgan fingerprint density at radius 2 is 1.78 bits per heavy atom. The van der Waals surface area contributed by atoms with Crippen molar-refractivity contribution in [3.8, 4) is 0 Å². The molecule has 0 spiro atoms. The maximum Gasteiger partial charge on any atom is 0.250 e. The fraction of sp³-hybridized carbons (Fsp3) is 0.379. The van der Waals surface area contributed by atoms with Gasteiger partial charge in [0.05, 0.1) is 5.52 Å². The number of hydrogen-bond donors (Lipinski definition) is 1. The average molecular weight is 500 g/mol. The second-order valence-electron chi connectivity index (χ2n) is 9.75. The van der Waals surface area contributed by atoms with Crippen LogP contribution in [-0.2, 0) is 22.6 Å². The van der Waals surface area contributed by atoms with Crippen molar-refractivity contribution in [2.45, 2.75) is 64.1 Å². The molecule has 1 atom stereocenters. The molecule has 0 unspecified atom stereocenters. The summed E-state index contributed by atoms with van der Waals surface area (Å²) in [5, 5.41) is 11.6. The van der Waals surface area contributed by atoms with Gasteiger partial charge in [0.2, 0.25) is 5.91 Å². The van der Waals surface area contributed by atoms with Crippen LogP contribution in [0.15, 0.2) is 71.1 Å². The van der Waals surface area contributed by atoms with E-state index in [4.69, 9.17) is 4.42 Å². The fourth-order valence-corrected chi connectivity index (χ4v) is 5.10. The van der Waals surface area contributed by atoms with Gasteiger partial charge in [-0.2, -0.15) is 0 Å². The third-order valence-corrected chi connectivity index (χ3v) is 7.05. The highest BCUT2D eigenvalue weighted by atomic mass is 16.3. The summed E-state index contributed by atoms with van der Waals surface area (Å²) >= 11 is 0. The van der Waals surface area contributed by atoms with Crippen LogP contribution >= 0.6 is 0 Å². The fourth-order valence-electron chi connectivity index (χ4n) is 5.10. The number of amides is 2. The number of benzene rings is 2. The van der Waals surface area contributed by atoms with Crippen LogP contribution in [0.25, 0.3) is 11.0 Å². The number of rotatable bonds is 9. The van der Waals surface area contributed by atoms with Crippen LogP contribution in [0.1, 0.15) is 55.2 Å². The number of para-hydroxylation sites is 1. The van der Waals surface area contributed by atoms with Crippen molar-refractivity contribution in [2.24, 2.45) is 0 Å². The first-order valence-electron chi connectivity index (χ1n) is 13.1. The molecule has 1 fully saturated rings. The van der Waals surface area contributed by atoms with E-state index in [1.807, 2.05) is 67.6 Å². The van der Waals surface area contributed by atoms with Gasteiger partial charge in [0.15, 0.2) is 6.04 Å². The van der Waals surface area contributed by atoms with Gasteiger partial charge in [-0.25, -0.2) is 4.68 Å². The minimum atomic E-state index is -0.873. The number of nitrogens with one attached hydrogen (secondary N) is 1. The van der Waals surface area contributed by atoms with Gasteiger partial charge in [-0.15, -0.1) is 5.10 Å². The first kappa shape index (κ1) is 24.7. The molecule has 1 aliphatic rings. The van der Waals surface area contributed by atoms with E-state index < -0.39 is 6.04 Å². The van der Waals surface area contributed by atoms with E-state index in [1.54, 1.807) is 15.6 Å². The molecule has 2 heterocycles. The summed E-state index contributed by atoms with van der Waals surface area (Å²) in [5.41, 5.74) is 2.59. The van der Waals surface area contributed by atoms with Crippen LogP contribution in [0.4, 0.5) is 0 Å². The molecule has 1 saturated carbocycles. The van der Waals surface area contributed by atoms with Gasteiger partial charge in [0.1, 0.15) is 23.6 Å². The van der Waals surface area contributed by atoms with Crippen LogP contribution in [0, 0.1) is 6.92 Å². The van der Waals surface area contributed by atoms with Crippen molar-refractivity contribution in [1.29, 1.82) is 0 Å². The quantitative estimate of drug-likeness (QED) is 0.363. The molecule has 0 bridgehead atoms. The Morgan fingerprint density at radius 1 is 1.03 bits per heavy atom. The second-order valence-corrected chi connectivity index (χ2v) is 9.75. The lowest BCUT2D eigenvalue weighted by Crippen LogP contribution is -2.48. The molecule has 2 aromatic heterocycles. The van der Waals surface area contributed by atoms with E-state index in [2.05, 4.69) is 15.6 Å². The highest BCUT2D eigenvalue weighted by Crippen LogP contribution is 2.26. The van der Waals surface area contributed by atoms with Crippen LogP contribution in [-0.4, -0.2) is 44.3 Å². The topological polar surface area (TPSA) is 93.3 Å². The van der Waals surface area contributed by atoms with Gasteiger partial charge < -0.3 is 14.6 Å². The van der Waals surface area contributed by atoms with Crippen molar-refractivity contribution >= 4 is 22.8 Å². The smallest absolute Gasteiger partial charge is 0.250 e. The average Bonchev–Trinajstić information content (AvgIpc) is 3.53. The summed E-state index contributed by atoms with van der Waals surface area (Å²) in [4.78, 5) is 29.3. The maximum atomic E-state index is 13.9. The molecule has 37 heavy (non-hydrogen) atoms. The Hall–Kier alpha value is -3.94. The minimum absolute atomic E-state index is 0.0256. The molecule has 5 rings (SSSR count). The summed E-state index contributed by atoms with van der Waals surface area (Å²) in [6.45, 7) is 2.18. The Morgan fingerprint density at radius 3 is 2.54 bits per heavy atom. The van der Waals surface area contributed by atoms with E-state index in [1.165, 1.54) is 6.42 Å². The van der Waals surface area contributed by atoms with Crippen molar-refractivity contribution in [2.75, 3.05) is 6.54 Å². The van der Waals surface area contributed by atoms with Crippen LogP contribution in [0.2, 0.25) is 0 Å². The zero-order valence-corrected chi connectivity index (χ0v) is 21.2. The molecule has 2 aromatic carbocycles. The Kier molecular flexibility index (Phi) is 7.63. The number of carbonyl (C=O) groups is 2. The van der Waals surface area contributed by atoms with E-state index in [-0.39, 0.29) is 24.4 Å². The molecule has 192 valence electrons. The van der Waals surface area contributed by atoms with Gasteiger partial charge in [-0.3, -0.25) is 9.59 Å². The van der Waals surface area contributed by atoms with Gasteiger partial charge in [0.25, 0.3) is 5.91 Å². The lowest BCUT2D eigenvalue weighted by molar-refractivity contribution is -0.142. The molecule has 0 aliphatic heterocycles. The molecule has 0 radical (unpaired) electrons. The molecule has 8 heteroatoms. The predicted molar refractivity (Wildman–Crippen MR) is 141 cm³/mol. The van der Waals surface area contributed by atoms with Crippen LogP contribution < -0.4 is 5.32 Å². The van der Waals surface area contributed by atoms with Gasteiger partial charge in [-0.05, 0) is 56.0 Å². The zero-order chi connectivity index (χ0) is 25.6. The molecule has 8 nitrogen and oxygen atoms in total. The third-order valence-electron chi connectivity index (χ3n) is 7.05. The highest BCUT2D eigenvalue weighted by molar-refractivity contribution is 5.89. The maximum absolute atomic E-state index is 13.9. The van der Waals surface area contributed by atoms with E-state index in [0.29, 0.717) is 24.5 Å². The number of aromatic nitrogens is 3. The first-order valence-corrected chi connectivity index (χ1v) is 13.1. The van der Waals surface area contributed by atoms with E-state index >= 15 is 0 Å². The van der Waals surface area contributed by atoms with E-state index in [9.17, 15) is 9.59 Å². The number of aryl methyl sites for hydroxylation is 1. The molecule has 1 N–H and O–H groups in total. The molecule has 0 saturated heterocycles. The highest BCUT2D eigenvalue weighted by Gasteiger charge is 2.35. The Labute approximate surface area is 216 Å². The second kappa shape index (κ2) is 11.4. The first-order chi connectivity index (χ1) is 18.1. The van der Waals surface area contributed by atoms with Crippen molar-refractivity contribution < 1.29 is 14.0 Å². The number of nitrogens with zero attached hydrogens (tertiary/aromatic N) is 4. The largest absolute Gasteiger partial charge is 0.464 e. The molecule has 2 amide bonds. The number of carbonyl (C=O) groups excluding carboxylic acids is 2. The standard InChI is InChI=1S/C29H33N5O3/c1-21-16-17-26(37-21)28(29(36)30-23-12-6-3-7-13-23)33(19-18-22-10-4-2-5-11-22)27(35)20-34-25-15-9-8-14-24(25)31-32-34/h2,4-5,8-11,14-17,23,28H,3,6-7,12-13,18-20H2,1H3,(H,30,36)/t28-/m0/s1. The minimum Gasteiger partial charge on any atom is -0.464 e. The van der Waals surface area contributed by atoms with E-state index in [0.717, 1.165) is 42.3 Å². The predicted octanol–water partition coefficient (Wildman–Crippen LogP) is 4.59. The summed E-state index contributed by atoms with van der Waals surface area (Å²) in [6, 6.07) is 20.4. The SMILES string of the molecule is Cc1ccc([C@@H](C(=O)NC2CCCCC2)N(CCc2ccccc2)C(=O)Cn2nnc3ccccc32)o1. The van der Waals surface area contributed by atoms with Crippen LogP contribution in [0.5, 0.6) is 0 Å². The van der Waals surface area contributed by atoms with Gasteiger partial charge >= 0.3 is 0 Å². The molecule has 1 aliphatic carbocycles. The Bertz CT molecular complexity index is 1340. The summed E-state index contributed by atoms with van der Waals surface area (Å²) in [6.07, 6.45) is 5.92. The summed E-state index contributed by atoms with van der Waals surface area (Å²) in [7, 11) is 0. The molecular formula is C29H33N5O3. The third kappa shape index (κ3) is 5.90. The molecular weight excluding hydrogens is 466 g/mol. The van der Waals surface area contributed by atoms with Crippen LogP contribution in [0.3, 0.4) is 0 Å².